The molecule has 0 aliphatic carbocycles. The van der Waals surface area contributed by atoms with Gasteiger partial charge in [-0.1, -0.05) is 6.42 Å². The van der Waals surface area contributed by atoms with Gasteiger partial charge < -0.3 is 0 Å². The van der Waals surface area contributed by atoms with E-state index in [-0.39, 0.29) is 18.2 Å². The molecule has 1 aliphatic rings. The third-order valence-electron chi connectivity index (χ3n) is 2.19. The molecule has 6 heteroatoms. The smallest absolute Gasteiger partial charge is 0.277 e. The molecule has 1 aliphatic heterocycles. The van der Waals surface area contributed by atoms with Gasteiger partial charge in [-0.3, -0.25) is 15.5 Å². The fourth-order valence-electron chi connectivity index (χ4n) is 1.45. The van der Waals surface area contributed by atoms with Crippen LogP contribution >= 0.6 is 11.6 Å². The monoisotopic (exact) mass is 233 g/mol. The molecular formula is C9H16ClN3O2. The van der Waals surface area contributed by atoms with E-state index >= 15 is 0 Å². The average molecular weight is 234 g/mol. The fourth-order valence-corrected chi connectivity index (χ4v) is 1.62. The highest BCUT2D eigenvalue weighted by Crippen LogP contribution is 2.05. The molecule has 2 N–H and O–H groups in total. The summed E-state index contributed by atoms with van der Waals surface area (Å²) in [5.74, 6) is -0.123. The number of amides is 3. The summed E-state index contributed by atoms with van der Waals surface area (Å²) in [5, 5.41) is 4.04. The molecule has 0 saturated carbocycles. The first kappa shape index (κ1) is 12.3. The highest BCUT2D eigenvalue weighted by molar-refractivity contribution is 6.19. The molecule has 1 rings (SSSR count). The van der Waals surface area contributed by atoms with Gasteiger partial charge >= 0.3 is 6.03 Å². The Labute approximate surface area is 94.1 Å². The van der Waals surface area contributed by atoms with Crippen LogP contribution in [0.25, 0.3) is 0 Å². The molecule has 15 heavy (non-hydrogen) atoms. The maximum Gasteiger partial charge on any atom is 0.335 e. The van der Waals surface area contributed by atoms with Gasteiger partial charge in [0.05, 0.1) is 0 Å². The molecule has 0 atom stereocenters. The number of rotatable bonds is 3. The van der Waals surface area contributed by atoms with Crippen LogP contribution in [0.4, 0.5) is 4.79 Å². The predicted octanol–water partition coefficient (Wildman–Crippen LogP) is 0.842. The van der Waals surface area contributed by atoms with Crippen molar-refractivity contribution in [1.82, 2.24) is 15.8 Å². The Morgan fingerprint density at radius 2 is 1.87 bits per heavy atom. The average Bonchev–Trinajstić information content (AvgIpc) is 2.19. The standard InChI is InChI=1S/C9H16ClN3O2/c10-5-4-8(14)11-9(15)12-13-6-2-1-3-7-13/h1-7H2,(H2,11,12,14,15). The Kier molecular flexibility index (Phi) is 5.42. The predicted molar refractivity (Wildman–Crippen MR) is 57.4 cm³/mol. The maximum atomic E-state index is 11.3. The van der Waals surface area contributed by atoms with Gasteiger partial charge in [-0.15, -0.1) is 11.6 Å². The highest BCUT2D eigenvalue weighted by atomic mass is 35.5. The SMILES string of the molecule is O=C(CCCl)NC(=O)NN1CCCCC1. The summed E-state index contributed by atoms with van der Waals surface area (Å²) < 4.78 is 0. The number of alkyl halides is 1. The molecule has 0 aromatic heterocycles. The van der Waals surface area contributed by atoms with Crippen LogP contribution < -0.4 is 10.7 Å². The topological polar surface area (TPSA) is 61.4 Å². The Morgan fingerprint density at radius 3 is 2.47 bits per heavy atom. The number of halogens is 1. The second-order valence-corrected chi connectivity index (χ2v) is 3.85. The zero-order valence-electron chi connectivity index (χ0n) is 8.59. The van der Waals surface area contributed by atoms with Crippen molar-refractivity contribution in [2.45, 2.75) is 25.7 Å². The highest BCUT2D eigenvalue weighted by Gasteiger charge is 2.13. The van der Waals surface area contributed by atoms with Crippen molar-refractivity contribution in [2.75, 3.05) is 19.0 Å². The van der Waals surface area contributed by atoms with Crippen LogP contribution in [0.5, 0.6) is 0 Å². The minimum Gasteiger partial charge on any atom is -0.277 e. The van der Waals surface area contributed by atoms with Crippen LogP contribution in [0, 0.1) is 0 Å². The Bertz CT molecular complexity index is 229. The lowest BCUT2D eigenvalue weighted by atomic mass is 10.2. The number of imide groups is 1. The van der Waals surface area contributed by atoms with E-state index < -0.39 is 6.03 Å². The summed E-state index contributed by atoms with van der Waals surface area (Å²) in [5.41, 5.74) is 2.63. The van der Waals surface area contributed by atoms with Crippen LogP contribution in [0.2, 0.25) is 0 Å². The quantitative estimate of drug-likeness (QED) is 0.711. The van der Waals surface area contributed by atoms with Crippen molar-refractivity contribution in [3.63, 3.8) is 0 Å². The summed E-state index contributed by atoms with van der Waals surface area (Å²) >= 11 is 5.37. The van der Waals surface area contributed by atoms with Crippen LogP contribution in [-0.4, -0.2) is 35.9 Å². The maximum absolute atomic E-state index is 11.3. The molecule has 0 spiro atoms. The van der Waals surface area contributed by atoms with Crippen molar-refractivity contribution in [3.8, 4) is 0 Å². The minimum absolute atomic E-state index is 0.162. The summed E-state index contributed by atoms with van der Waals surface area (Å²) in [4.78, 5) is 22.3. The zero-order chi connectivity index (χ0) is 11.1. The Hall–Kier alpha value is -0.810. The van der Waals surface area contributed by atoms with Gasteiger partial charge in [-0.2, -0.15) is 0 Å². The summed E-state index contributed by atoms with van der Waals surface area (Å²) in [6.07, 6.45) is 3.52. The van der Waals surface area contributed by atoms with Crippen molar-refractivity contribution in [1.29, 1.82) is 0 Å². The number of carbonyl (C=O) groups excluding carboxylic acids is 2. The first-order chi connectivity index (χ1) is 7.22. The molecule has 0 aromatic carbocycles. The van der Waals surface area contributed by atoms with E-state index in [1.165, 1.54) is 6.42 Å². The van der Waals surface area contributed by atoms with E-state index in [1.807, 2.05) is 5.01 Å². The van der Waals surface area contributed by atoms with E-state index in [9.17, 15) is 9.59 Å². The van der Waals surface area contributed by atoms with Gasteiger partial charge in [0.2, 0.25) is 5.91 Å². The molecule has 0 aromatic rings. The van der Waals surface area contributed by atoms with E-state index in [0.29, 0.717) is 0 Å². The Balaban J connectivity index is 2.19. The molecule has 1 heterocycles. The second-order valence-electron chi connectivity index (χ2n) is 3.48. The van der Waals surface area contributed by atoms with Crippen LogP contribution in [0.15, 0.2) is 0 Å². The van der Waals surface area contributed by atoms with Gasteiger partial charge in [-0.25, -0.2) is 9.80 Å². The number of urea groups is 1. The third-order valence-corrected chi connectivity index (χ3v) is 2.38. The summed E-state index contributed by atoms with van der Waals surface area (Å²) in [6, 6.07) is -0.466. The van der Waals surface area contributed by atoms with Crippen LogP contribution in [-0.2, 0) is 4.79 Å². The number of hydrogen-bond donors (Lipinski definition) is 2. The van der Waals surface area contributed by atoms with Crippen molar-refractivity contribution in [2.24, 2.45) is 0 Å². The van der Waals surface area contributed by atoms with Crippen molar-refractivity contribution >= 4 is 23.5 Å². The minimum atomic E-state index is -0.466. The van der Waals surface area contributed by atoms with Gasteiger partial charge in [0.1, 0.15) is 0 Å². The van der Waals surface area contributed by atoms with Gasteiger partial charge in [0, 0.05) is 25.4 Å². The van der Waals surface area contributed by atoms with Gasteiger partial charge in [-0.05, 0) is 12.8 Å². The summed E-state index contributed by atoms with van der Waals surface area (Å²) in [7, 11) is 0. The molecule has 0 radical (unpaired) electrons. The van der Waals surface area contributed by atoms with E-state index in [0.717, 1.165) is 25.9 Å². The van der Waals surface area contributed by atoms with Crippen LogP contribution in [0.1, 0.15) is 25.7 Å². The molecule has 1 saturated heterocycles. The lowest BCUT2D eigenvalue weighted by Gasteiger charge is -2.26. The molecular weight excluding hydrogens is 218 g/mol. The van der Waals surface area contributed by atoms with Gasteiger partial charge in [0.15, 0.2) is 0 Å². The normalized spacial score (nSPS) is 17.1. The largest absolute Gasteiger partial charge is 0.335 e. The van der Waals surface area contributed by atoms with E-state index in [4.69, 9.17) is 11.6 Å². The van der Waals surface area contributed by atoms with Crippen molar-refractivity contribution in [3.05, 3.63) is 0 Å². The molecule has 0 bridgehead atoms. The lowest BCUT2D eigenvalue weighted by molar-refractivity contribution is -0.119. The summed E-state index contributed by atoms with van der Waals surface area (Å²) in [6.45, 7) is 1.69. The molecule has 3 amide bonds. The zero-order valence-corrected chi connectivity index (χ0v) is 9.35. The first-order valence-corrected chi connectivity index (χ1v) is 5.67. The number of hydrazine groups is 1. The fraction of sp³-hybridized carbons (Fsp3) is 0.778. The number of nitrogens with one attached hydrogen (secondary N) is 2. The lowest BCUT2D eigenvalue weighted by Crippen LogP contribution is -2.50. The number of carbonyl (C=O) groups is 2. The van der Waals surface area contributed by atoms with E-state index in [1.54, 1.807) is 0 Å². The molecule has 1 fully saturated rings. The van der Waals surface area contributed by atoms with E-state index in [2.05, 4.69) is 10.7 Å². The Morgan fingerprint density at radius 1 is 1.20 bits per heavy atom. The number of nitrogens with zero attached hydrogens (tertiary/aromatic N) is 1. The van der Waals surface area contributed by atoms with Crippen molar-refractivity contribution < 1.29 is 9.59 Å². The molecule has 86 valence electrons. The molecule has 5 nitrogen and oxygen atoms in total. The second kappa shape index (κ2) is 6.63. The number of hydrogen-bond acceptors (Lipinski definition) is 3. The number of piperidine rings is 1. The molecule has 0 unspecified atom stereocenters. The third kappa shape index (κ3) is 4.99. The van der Waals surface area contributed by atoms with Gasteiger partial charge in [0.25, 0.3) is 0 Å². The first-order valence-electron chi connectivity index (χ1n) is 5.14. The van der Waals surface area contributed by atoms with Crippen LogP contribution in [0.3, 0.4) is 0 Å².